The van der Waals surface area contributed by atoms with E-state index >= 15 is 0 Å². The summed E-state index contributed by atoms with van der Waals surface area (Å²) in [5.74, 6) is 0.831. The molecular formula is C22H24N4OS. The Labute approximate surface area is 169 Å². The Balaban J connectivity index is 1.80. The number of hydrogen-bond acceptors (Lipinski definition) is 5. The fourth-order valence-corrected chi connectivity index (χ4v) is 4.38. The van der Waals surface area contributed by atoms with Crippen molar-refractivity contribution in [1.29, 1.82) is 0 Å². The molecule has 2 heterocycles. The highest BCUT2D eigenvalue weighted by atomic mass is 32.1. The van der Waals surface area contributed by atoms with Gasteiger partial charge in [-0.2, -0.15) is 5.10 Å². The molecule has 1 aliphatic rings. The second-order valence-electron chi connectivity index (χ2n) is 6.86. The largest absolute Gasteiger partial charge is 0.496 e. The van der Waals surface area contributed by atoms with Crippen molar-refractivity contribution in [3.8, 4) is 17.0 Å². The maximum atomic E-state index is 5.58. The van der Waals surface area contributed by atoms with Crippen molar-refractivity contribution in [3.05, 3.63) is 64.5 Å². The van der Waals surface area contributed by atoms with E-state index in [-0.39, 0.29) is 0 Å². The number of rotatable bonds is 5. The van der Waals surface area contributed by atoms with Crippen molar-refractivity contribution >= 4 is 17.6 Å². The van der Waals surface area contributed by atoms with Crippen LogP contribution in [0.25, 0.3) is 11.3 Å². The zero-order valence-corrected chi connectivity index (χ0v) is 16.8. The molecule has 0 aliphatic heterocycles. The van der Waals surface area contributed by atoms with Gasteiger partial charge in [-0.25, -0.2) is 4.68 Å². The molecule has 28 heavy (non-hydrogen) atoms. The molecule has 0 N–H and O–H groups in total. The van der Waals surface area contributed by atoms with Gasteiger partial charge in [0.2, 0.25) is 4.80 Å². The van der Waals surface area contributed by atoms with Gasteiger partial charge < -0.3 is 4.74 Å². The van der Waals surface area contributed by atoms with Gasteiger partial charge in [-0.3, -0.25) is 9.98 Å². The molecule has 144 valence electrons. The monoisotopic (exact) mass is 392 g/mol. The number of methoxy groups -OCH3 is 1. The van der Waals surface area contributed by atoms with Crippen LogP contribution in [-0.2, 0) is 0 Å². The molecule has 0 unspecified atom stereocenters. The molecule has 3 aromatic rings. The topological polar surface area (TPSA) is 51.8 Å². The second kappa shape index (κ2) is 8.97. The molecule has 0 radical (unpaired) electrons. The van der Waals surface area contributed by atoms with Crippen LogP contribution in [0.15, 0.2) is 64.3 Å². The minimum atomic E-state index is 0.389. The lowest BCUT2D eigenvalue weighted by molar-refractivity contribution is 0.416. The lowest BCUT2D eigenvalue weighted by Gasteiger charge is -2.17. The first kappa shape index (κ1) is 18.6. The minimum Gasteiger partial charge on any atom is -0.496 e. The molecule has 2 aromatic heterocycles. The minimum absolute atomic E-state index is 0.389. The average Bonchev–Trinajstić information content (AvgIpc) is 3.15. The van der Waals surface area contributed by atoms with Crippen molar-refractivity contribution in [3.63, 3.8) is 0 Å². The van der Waals surface area contributed by atoms with Crippen molar-refractivity contribution in [2.45, 2.75) is 38.1 Å². The van der Waals surface area contributed by atoms with E-state index in [0.29, 0.717) is 6.04 Å². The van der Waals surface area contributed by atoms with Gasteiger partial charge in [0, 0.05) is 23.3 Å². The Morgan fingerprint density at radius 3 is 2.68 bits per heavy atom. The van der Waals surface area contributed by atoms with Gasteiger partial charge in [-0.1, -0.05) is 31.4 Å². The SMILES string of the molecule is COc1ccccc1-c1csc(=NC2CCCCC2)n1N=Cc1ccncc1. The number of thiazole rings is 1. The molecule has 0 atom stereocenters. The lowest BCUT2D eigenvalue weighted by atomic mass is 9.96. The van der Waals surface area contributed by atoms with E-state index in [0.717, 1.165) is 40.2 Å². The first-order valence-electron chi connectivity index (χ1n) is 9.67. The predicted molar refractivity (Wildman–Crippen MR) is 114 cm³/mol. The van der Waals surface area contributed by atoms with Crippen LogP contribution >= 0.6 is 11.3 Å². The van der Waals surface area contributed by atoms with E-state index in [1.807, 2.05) is 41.2 Å². The van der Waals surface area contributed by atoms with Crippen molar-refractivity contribution in [2.75, 3.05) is 7.11 Å². The summed E-state index contributed by atoms with van der Waals surface area (Å²) in [5, 5.41) is 6.89. The highest BCUT2D eigenvalue weighted by Gasteiger charge is 2.15. The fourth-order valence-electron chi connectivity index (χ4n) is 3.48. The van der Waals surface area contributed by atoms with Crippen molar-refractivity contribution < 1.29 is 4.74 Å². The Hall–Kier alpha value is -2.73. The summed E-state index contributed by atoms with van der Waals surface area (Å²) in [7, 11) is 1.70. The van der Waals surface area contributed by atoms with E-state index in [2.05, 4.69) is 16.4 Å². The van der Waals surface area contributed by atoms with Crippen LogP contribution in [-0.4, -0.2) is 29.0 Å². The van der Waals surface area contributed by atoms with Gasteiger partial charge in [0.25, 0.3) is 0 Å². The van der Waals surface area contributed by atoms with Gasteiger partial charge in [-0.05, 0) is 42.7 Å². The van der Waals surface area contributed by atoms with Crippen LogP contribution in [0.1, 0.15) is 37.7 Å². The summed E-state index contributed by atoms with van der Waals surface area (Å²) < 4.78 is 7.52. The molecule has 1 fully saturated rings. The summed E-state index contributed by atoms with van der Waals surface area (Å²) in [6.45, 7) is 0. The zero-order valence-electron chi connectivity index (χ0n) is 16.0. The van der Waals surface area contributed by atoms with Gasteiger partial charge >= 0.3 is 0 Å². The summed E-state index contributed by atoms with van der Waals surface area (Å²) >= 11 is 1.63. The highest BCUT2D eigenvalue weighted by Crippen LogP contribution is 2.30. The molecule has 0 saturated heterocycles. The normalized spacial score (nSPS) is 16.0. The highest BCUT2D eigenvalue weighted by molar-refractivity contribution is 7.07. The molecule has 0 bridgehead atoms. The third-order valence-corrected chi connectivity index (χ3v) is 5.79. The summed E-state index contributed by atoms with van der Waals surface area (Å²) in [5.41, 5.74) is 3.00. The molecule has 0 amide bonds. The number of hydrogen-bond donors (Lipinski definition) is 0. The molecule has 1 aromatic carbocycles. The smallest absolute Gasteiger partial charge is 0.206 e. The zero-order chi connectivity index (χ0) is 19.2. The predicted octanol–water partition coefficient (Wildman–Crippen LogP) is 4.74. The fraction of sp³-hybridized carbons (Fsp3) is 0.318. The van der Waals surface area contributed by atoms with Crippen LogP contribution in [0, 0.1) is 0 Å². The Morgan fingerprint density at radius 1 is 1.11 bits per heavy atom. The van der Waals surface area contributed by atoms with Crippen molar-refractivity contribution in [2.24, 2.45) is 10.1 Å². The van der Waals surface area contributed by atoms with E-state index in [4.69, 9.17) is 14.8 Å². The first-order chi connectivity index (χ1) is 13.8. The van der Waals surface area contributed by atoms with Gasteiger partial charge in [0.15, 0.2) is 0 Å². The molecule has 0 spiro atoms. The van der Waals surface area contributed by atoms with E-state index < -0.39 is 0 Å². The van der Waals surface area contributed by atoms with E-state index in [1.165, 1.54) is 19.3 Å². The van der Waals surface area contributed by atoms with Crippen molar-refractivity contribution in [1.82, 2.24) is 9.66 Å². The summed E-state index contributed by atoms with van der Waals surface area (Å²) in [6.07, 6.45) is 11.6. The van der Waals surface area contributed by atoms with Crippen LogP contribution in [0.3, 0.4) is 0 Å². The van der Waals surface area contributed by atoms with Crippen LogP contribution in [0.5, 0.6) is 5.75 Å². The molecule has 5 nitrogen and oxygen atoms in total. The number of pyridine rings is 1. The van der Waals surface area contributed by atoms with Crippen LogP contribution < -0.4 is 9.54 Å². The first-order valence-corrected chi connectivity index (χ1v) is 10.6. The van der Waals surface area contributed by atoms with Gasteiger partial charge in [0.05, 0.1) is 25.1 Å². The Morgan fingerprint density at radius 2 is 1.89 bits per heavy atom. The Bertz CT molecular complexity index is 1000. The van der Waals surface area contributed by atoms with Gasteiger partial charge in [0.1, 0.15) is 5.75 Å². The lowest BCUT2D eigenvalue weighted by Crippen LogP contribution is -2.19. The standard InChI is InChI=1S/C22H24N4OS/c1-27-21-10-6-5-9-19(21)20-16-28-22(25-18-7-3-2-4-8-18)26(20)24-15-17-11-13-23-14-12-17/h5-6,9-16,18H,2-4,7-8H2,1H3. The molecular weight excluding hydrogens is 368 g/mol. The third-order valence-electron chi connectivity index (χ3n) is 4.96. The van der Waals surface area contributed by atoms with Gasteiger partial charge in [-0.15, -0.1) is 11.3 Å². The van der Waals surface area contributed by atoms with E-state index in [1.54, 1.807) is 30.8 Å². The summed E-state index contributed by atoms with van der Waals surface area (Å²) in [4.78, 5) is 10.0. The third kappa shape index (κ3) is 4.22. The number of ether oxygens (including phenoxy) is 1. The van der Waals surface area contributed by atoms with Crippen LogP contribution in [0.4, 0.5) is 0 Å². The number of para-hydroxylation sites is 1. The maximum absolute atomic E-state index is 5.58. The van der Waals surface area contributed by atoms with E-state index in [9.17, 15) is 0 Å². The molecule has 1 saturated carbocycles. The summed E-state index contributed by atoms with van der Waals surface area (Å²) in [6, 6.07) is 12.3. The molecule has 6 heteroatoms. The number of aromatic nitrogens is 2. The maximum Gasteiger partial charge on any atom is 0.206 e. The van der Waals surface area contributed by atoms with Crippen LogP contribution in [0.2, 0.25) is 0 Å². The Kier molecular flexibility index (Phi) is 5.97. The second-order valence-corrected chi connectivity index (χ2v) is 7.70. The molecule has 1 aliphatic carbocycles. The number of benzene rings is 1. The quantitative estimate of drug-likeness (QED) is 0.589. The molecule has 4 rings (SSSR count). The average molecular weight is 393 g/mol. The number of nitrogens with zero attached hydrogens (tertiary/aromatic N) is 4.